The first-order chi connectivity index (χ1) is 8.25. The van der Waals surface area contributed by atoms with Crippen molar-refractivity contribution in [3.63, 3.8) is 0 Å². The summed E-state index contributed by atoms with van der Waals surface area (Å²) in [7, 11) is 0. The quantitative estimate of drug-likeness (QED) is 0.843. The van der Waals surface area contributed by atoms with Gasteiger partial charge in [0.25, 0.3) is 0 Å². The van der Waals surface area contributed by atoms with Crippen molar-refractivity contribution in [2.24, 2.45) is 0 Å². The molecule has 17 heavy (non-hydrogen) atoms. The molecule has 0 spiro atoms. The minimum absolute atomic E-state index is 0.127. The second kappa shape index (κ2) is 5.32. The van der Waals surface area contributed by atoms with E-state index in [0.29, 0.717) is 11.4 Å². The maximum atomic E-state index is 9.80. The lowest BCUT2D eigenvalue weighted by Crippen LogP contribution is -2.10. The van der Waals surface area contributed by atoms with Crippen molar-refractivity contribution in [3.05, 3.63) is 54.4 Å². The van der Waals surface area contributed by atoms with Crippen LogP contribution in [0.3, 0.4) is 0 Å². The van der Waals surface area contributed by atoms with Crippen LogP contribution in [0, 0.1) is 0 Å². The van der Waals surface area contributed by atoms with Crippen LogP contribution in [-0.4, -0.2) is 21.8 Å². The van der Waals surface area contributed by atoms with Crippen LogP contribution >= 0.6 is 0 Å². The molecule has 0 radical (unpaired) electrons. The molecule has 4 heteroatoms. The number of nitrogens with zero attached hydrogens (tertiary/aromatic N) is 1. The molecular formula is C13H13NO3. The van der Waals surface area contributed by atoms with Gasteiger partial charge < -0.3 is 14.9 Å². The molecule has 0 aliphatic rings. The summed E-state index contributed by atoms with van der Waals surface area (Å²) >= 11 is 0. The van der Waals surface area contributed by atoms with Crippen molar-refractivity contribution < 1.29 is 14.9 Å². The van der Waals surface area contributed by atoms with Gasteiger partial charge in [0.1, 0.15) is 24.2 Å². The first-order valence-electron chi connectivity index (χ1n) is 5.26. The minimum Gasteiger partial charge on any atom is -0.508 e. The van der Waals surface area contributed by atoms with Gasteiger partial charge in [-0.3, -0.25) is 4.98 Å². The number of aromatic nitrogens is 1. The molecule has 1 aromatic heterocycles. The highest BCUT2D eigenvalue weighted by Gasteiger charge is 2.08. The predicted octanol–water partition coefficient (Wildman–Crippen LogP) is 1.90. The average molecular weight is 231 g/mol. The Kier molecular flexibility index (Phi) is 3.57. The molecule has 1 unspecified atom stereocenters. The van der Waals surface area contributed by atoms with E-state index >= 15 is 0 Å². The Bertz CT molecular complexity index is 456. The van der Waals surface area contributed by atoms with E-state index in [4.69, 9.17) is 9.84 Å². The van der Waals surface area contributed by atoms with Gasteiger partial charge >= 0.3 is 0 Å². The molecule has 1 heterocycles. The SMILES string of the molecule is Oc1ccc(OCC(O)c2ccccn2)cc1. The number of aliphatic hydroxyl groups excluding tert-OH is 1. The van der Waals surface area contributed by atoms with Crippen molar-refractivity contribution in [1.29, 1.82) is 0 Å². The predicted molar refractivity (Wildman–Crippen MR) is 62.8 cm³/mol. The summed E-state index contributed by atoms with van der Waals surface area (Å²) in [6.45, 7) is 0.127. The fourth-order valence-corrected chi connectivity index (χ4v) is 1.38. The third kappa shape index (κ3) is 3.19. The van der Waals surface area contributed by atoms with Gasteiger partial charge in [-0.25, -0.2) is 0 Å². The minimum atomic E-state index is -0.759. The lowest BCUT2D eigenvalue weighted by atomic mass is 10.2. The van der Waals surface area contributed by atoms with Crippen LogP contribution in [0.15, 0.2) is 48.7 Å². The molecule has 2 rings (SSSR count). The molecule has 2 N–H and O–H groups in total. The number of rotatable bonds is 4. The van der Waals surface area contributed by atoms with Crippen molar-refractivity contribution in [3.8, 4) is 11.5 Å². The summed E-state index contributed by atoms with van der Waals surface area (Å²) < 4.78 is 5.38. The van der Waals surface area contributed by atoms with Crippen molar-refractivity contribution >= 4 is 0 Å². The molecule has 1 atom stereocenters. The lowest BCUT2D eigenvalue weighted by molar-refractivity contribution is 0.104. The number of aliphatic hydroxyl groups is 1. The van der Waals surface area contributed by atoms with Gasteiger partial charge in [-0.15, -0.1) is 0 Å². The number of phenolic OH excluding ortho intramolecular Hbond substituents is 1. The van der Waals surface area contributed by atoms with Crippen LogP contribution in [0.5, 0.6) is 11.5 Å². The molecule has 0 aliphatic heterocycles. The zero-order chi connectivity index (χ0) is 12.1. The van der Waals surface area contributed by atoms with E-state index in [-0.39, 0.29) is 12.4 Å². The Labute approximate surface area is 99.1 Å². The lowest BCUT2D eigenvalue weighted by Gasteiger charge is -2.11. The first-order valence-corrected chi connectivity index (χ1v) is 5.26. The van der Waals surface area contributed by atoms with E-state index in [1.807, 2.05) is 6.07 Å². The van der Waals surface area contributed by atoms with E-state index < -0.39 is 6.10 Å². The fourth-order valence-electron chi connectivity index (χ4n) is 1.38. The molecule has 0 saturated heterocycles. The van der Waals surface area contributed by atoms with Gasteiger partial charge in [-0.05, 0) is 36.4 Å². The Morgan fingerprint density at radius 3 is 2.53 bits per heavy atom. The topological polar surface area (TPSA) is 62.6 Å². The Morgan fingerprint density at radius 2 is 1.88 bits per heavy atom. The van der Waals surface area contributed by atoms with Gasteiger partial charge in [-0.1, -0.05) is 6.07 Å². The van der Waals surface area contributed by atoms with E-state index in [0.717, 1.165) is 0 Å². The molecule has 1 aromatic carbocycles. The number of hydrogen-bond acceptors (Lipinski definition) is 4. The van der Waals surface area contributed by atoms with Gasteiger partial charge in [0.15, 0.2) is 0 Å². The fraction of sp³-hybridized carbons (Fsp3) is 0.154. The zero-order valence-corrected chi connectivity index (χ0v) is 9.15. The summed E-state index contributed by atoms with van der Waals surface area (Å²) in [6.07, 6.45) is 0.865. The largest absolute Gasteiger partial charge is 0.508 e. The molecule has 88 valence electrons. The number of phenols is 1. The van der Waals surface area contributed by atoms with Crippen molar-refractivity contribution in [1.82, 2.24) is 4.98 Å². The Hall–Kier alpha value is -2.07. The maximum Gasteiger partial charge on any atom is 0.130 e. The maximum absolute atomic E-state index is 9.80. The van der Waals surface area contributed by atoms with E-state index in [1.54, 1.807) is 30.5 Å². The number of pyridine rings is 1. The first kappa shape index (κ1) is 11.4. The molecule has 0 amide bonds. The highest BCUT2D eigenvalue weighted by atomic mass is 16.5. The van der Waals surface area contributed by atoms with Crippen LogP contribution in [-0.2, 0) is 0 Å². The molecule has 0 saturated carbocycles. The molecule has 2 aromatic rings. The molecule has 0 aliphatic carbocycles. The van der Waals surface area contributed by atoms with E-state index in [2.05, 4.69) is 4.98 Å². The molecule has 0 bridgehead atoms. The van der Waals surface area contributed by atoms with Crippen LogP contribution in [0.25, 0.3) is 0 Å². The number of ether oxygens (including phenoxy) is 1. The summed E-state index contributed by atoms with van der Waals surface area (Å²) in [5, 5.41) is 18.9. The van der Waals surface area contributed by atoms with Gasteiger partial charge in [0.05, 0.1) is 5.69 Å². The Balaban J connectivity index is 1.92. The summed E-state index contributed by atoms with van der Waals surface area (Å²) in [6, 6.07) is 11.7. The normalized spacial score (nSPS) is 12.1. The van der Waals surface area contributed by atoms with E-state index in [1.165, 1.54) is 12.1 Å². The van der Waals surface area contributed by atoms with Crippen molar-refractivity contribution in [2.75, 3.05) is 6.61 Å². The highest BCUT2D eigenvalue weighted by Crippen LogP contribution is 2.18. The Morgan fingerprint density at radius 1 is 1.12 bits per heavy atom. The van der Waals surface area contributed by atoms with Gasteiger partial charge in [0.2, 0.25) is 0 Å². The standard InChI is InChI=1S/C13H13NO3/c15-10-4-6-11(7-5-10)17-9-13(16)12-3-1-2-8-14-12/h1-8,13,15-16H,9H2. The second-order valence-corrected chi connectivity index (χ2v) is 3.58. The van der Waals surface area contributed by atoms with E-state index in [9.17, 15) is 5.11 Å². The van der Waals surface area contributed by atoms with Gasteiger partial charge in [-0.2, -0.15) is 0 Å². The van der Waals surface area contributed by atoms with Crippen LogP contribution in [0.1, 0.15) is 11.8 Å². The van der Waals surface area contributed by atoms with Gasteiger partial charge in [0, 0.05) is 6.20 Å². The molecular weight excluding hydrogens is 218 g/mol. The third-order valence-corrected chi connectivity index (χ3v) is 2.27. The number of hydrogen-bond donors (Lipinski definition) is 2. The summed E-state index contributed by atoms with van der Waals surface area (Å²) in [5.41, 5.74) is 0.575. The summed E-state index contributed by atoms with van der Waals surface area (Å²) in [5.74, 6) is 0.778. The number of benzene rings is 1. The summed E-state index contributed by atoms with van der Waals surface area (Å²) in [4.78, 5) is 4.04. The number of aromatic hydroxyl groups is 1. The zero-order valence-electron chi connectivity index (χ0n) is 9.15. The molecule has 0 fully saturated rings. The molecule has 4 nitrogen and oxygen atoms in total. The van der Waals surface area contributed by atoms with Crippen LogP contribution < -0.4 is 4.74 Å². The second-order valence-electron chi connectivity index (χ2n) is 3.58. The third-order valence-electron chi connectivity index (χ3n) is 2.27. The monoisotopic (exact) mass is 231 g/mol. The van der Waals surface area contributed by atoms with Crippen LogP contribution in [0.4, 0.5) is 0 Å². The van der Waals surface area contributed by atoms with Crippen molar-refractivity contribution in [2.45, 2.75) is 6.10 Å². The van der Waals surface area contributed by atoms with Crippen LogP contribution in [0.2, 0.25) is 0 Å². The highest BCUT2D eigenvalue weighted by molar-refractivity contribution is 5.30. The smallest absolute Gasteiger partial charge is 0.130 e. The average Bonchev–Trinajstić information content (AvgIpc) is 2.39.